The molecule has 0 aliphatic rings. The fourth-order valence-corrected chi connectivity index (χ4v) is 2.71. The third-order valence-electron chi connectivity index (χ3n) is 2.77. The summed E-state index contributed by atoms with van der Waals surface area (Å²) in [4.78, 5) is 0.295. The second-order valence-corrected chi connectivity index (χ2v) is 5.99. The summed E-state index contributed by atoms with van der Waals surface area (Å²) in [6, 6.07) is 6.68. The molecule has 0 radical (unpaired) electrons. The number of unbranched alkanes of at least 4 members (excludes halogenated alkanes) is 2. The Bertz CT molecular complexity index is 457. The number of rotatable bonds is 9. The molecule has 2 N–H and O–H groups in total. The van der Waals surface area contributed by atoms with E-state index in [0.717, 1.165) is 31.6 Å². The van der Waals surface area contributed by atoms with Gasteiger partial charge in [-0.25, -0.2) is 13.1 Å². The summed E-state index contributed by atoms with van der Waals surface area (Å²) >= 11 is 0. The van der Waals surface area contributed by atoms with Crippen LogP contribution in [-0.4, -0.2) is 35.7 Å². The predicted molar refractivity (Wildman–Crippen MR) is 76.9 cm³/mol. The molecule has 0 saturated carbocycles. The Morgan fingerprint density at radius 1 is 1.11 bits per heavy atom. The summed E-state index contributed by atoms with van der Waals surface area (Å²) in [5.41, 5.74) is 0.888. The van der Waals surface area contributed by atoms with Gasteiger partial charge in [-0.1, -0.05) is 0 Å². The first kappa shape index (κ1) is 15.9. The van der Waals surface area contributed by atoms with Gasteiger partial charge in [-0.15, -0.1) is 0 Å². The fourth-order valence-electron chi connectivity index (χ4n) is 1.64. The zero-order valence-electron chi connectivity index (χ0n) is 11.5. The zero-order chi connectivity index (χ0) is 14.1. The summed E-state index contributed by atoms with van der Waals surface area (Å²) in [6.45, 7) is 1.18. The molecule has 0 heterocycles. The van der Waals surface area contributed by atoms with E-state index >= 15 is 0 Å². The Morgan fingerprint density at radius 2 is 1.79 bits per heavy atom. The number of hydrogen-bond acceptors (Lipinski definition) is 4. The van der Waals surface area contributed by atoms with Gasteiger partial charge in [-0.05, 0) is 43.5 Å². The maximum absolute atomic E-state index is 12.0. The molecule has 0 aliphatic heterocycles. The summed E-state index contributed by atoms with van der Waals surface area (Å²) < 4.78 is 31.5. The molecular weight excluding hydrogens is 264 g/mol. The minimum absolute atomic E-state index is 0.295. The molecule has 1 rings (SSSR count). The minimum atomic E-state index is -3.39. The first-order valence-electron chi connectivity index (χ1n) is 6.36. The molecule has 0 unspecified atom stereocenters. The maximum atomic E-state index is 12.0. The predicted octanol–water partition coefficient (Wildman–Crippen LogP) is 1.82. The lowest BCUT2D eigenvalue weighted by Crippen LogP contribution is -2.24. The smallest absolute Gasteiger partial charge is 0.240 e. The van der Waals surface area contributed by atoms with Gasteiger partial charge in [-0.3, -0.25) is 0 Å². The molecule has 0 bridgehead atoms. The Labute approximate surface area is 115 Å². The molecule has 5 nitrogen and oxygen atoms in total. The van der Waals surface area contributed by atoms with Crippen LogP contribution in [0.3, 0.4) is 0 Å². The number of anilines is 1. The van der Waals surface area contributed by atoms with E-state index in [4.69, 9.17) is 4.74 Å². The van der Waals surface area contributed by atoms with Crippen molar-refractivity contribution in [1.82, 2.24) is 4.72 Å². The minimum Gasteiger partial charge on any atom is -0.388 e. The number of nitrogens with one attached hydrogen (secondary N) is 2. The molecule has 6 heteroatoms. The van der Waals surface area contributed by atoms with E-state index in [9.17, 15) is 8.42 Å². The van der Waals surface area contributed by atoms with Gasteiger partial charge in [0.1, 0.15) is 0 Å². The molecular formula is C13H22N2O3S. The van der Waals surface area contributed by atoms with Crippen molar-refractivity contribution < 1.29 is 13.2 Å². The second-order valence-electron chi connectivity index (χ2n) is 4.23. The average Bonchev–Trinajstić information content (AvgIpc) is 2.43. The highest BCUT2D eigenvalue weighted by Gasteiger charge is 2.12. The van der Waals surface area contributed by atoms with Crippen LogP contribution in [0.2, 0.25) is 0 Å². The molecule has 1 aromatic rings. The average molecular weight is 286 g/mol. The van der Waals surface area contributed by atoms with E-state index in [0.29, 0.717) is 11.4 Å². The maximum Gasteiger partial charge on any atom is 0.240 e. The molecule has 0 aliphatic carbocycles. The largest absolute Gasteiger partial charge is 0.388 e. The molecule has 1 aromatic carbocycles. The third-order valence-corrected chi connectivity index (χ3v) is 4.25. The van der Waals surface area contributed by atoms with Crippen LogP contribution < -0.4 is 10.0 Å². The standard InChI is InChI=1S/C13H22N2O3S/c1-14-12-6-8-13(9-7-12)19(16,17)15-10-4-3-5-11-18-2/h6-9,14-15H,3-5,10-11H2,1-2H3. The van der Waals surface area contributed by atoms with Crippen molar-refractivity contribution in [2.24, 2.45) is 0 Å². The van der Waals surface area contributed by atoms with Gasteiger partial charge in [0.25, 0.3) is 0 Å². The Kier molecular flexibility index (Phi) is 6.83. The highest BCUT2D eigenvalue weighted by molar-refractivity contribution is 7.89. The van der Waals surface area contributed by atoms with Gasteiger partial charge in [0.2, 0.25) is 10.0 Å². The summed E-state index contributed by atoms with van der Waals surface area (Å²) in [7, 11) is 0.0706. The van der Waals surface area contributed by atoms with E-state index in [-0.39, 0.29) is 0 Å². The number of methoxy groups -OCH3 is 1. The number of benzene rings is 1. The van der Waals surface area contributed by atoms with Crippen molar-refractivity contribution in [3.8, 4) is 0 Å². The lowest BCUT2D eigenvalue weighted by molar-refractivity contribution is 0.192. The van der Waals surface area contributed by atoms with Gasteiger partial charge >= 0.3 is 0 Å². The highest BCUT2D eigenvalue weighted by Crippen LogP contribution is 2.13. The summed E-state index contributed by atoms with van der Waals surface area (Å²) in [5.74, 6) is 0. The Hall–Kier alpha value is -1.11. The molecule has 0 spiro atoms. The van der Waals surface area contributed by atoms with Crippen LogP contribution in [0.1, 0.15) is 19.3 Å². The van der Waals surface area contributed by atoms with E-state index in [1.54, 1.807) is 38.4 Å². The Balaban J connectivity index is 2.42. The van der Waals surface area contributed by atoms with Crippen LogP contribution in [-0.2, 0) is 14.8 Å². The van der Waals surface area contributed by atoms with Crippen LogP contribution in [0.15, 0.2) is 29.2 Å². The highest BCUT2D eigenvalue weighted by atomic mass is 32.2. The monoisotopic (exact) mass is 286 g/mol. The van der Waals surface area contributed by atoms with Crippen molar-refractivity contribution in [3.63, 3.8) is 0 Å². The summed E-state index contributed by atoms with van der Waals surface area (Å²) in [6.07, 6.45) is 2.72. The van der Waals surface area contributed by atoms with Gasteiger partial charge in [-0.2, -0.15) is 0 Å². The van der Waals surface area contributed by atoms with E-state index in [1.165, 1.54) is 0 Å². The van der Waals surface area contributed by atoms with Crippen molar-refractivity contribution in [2.75, 3.05) is 32.6 Å². The van der Waals surface area contributed by atoms with Gasteiger partial charge in [0.15, 0.2) is 0 Å². The van der Waals surface area contributed by atoms with E-state index in [2.05, 4.69) is 10.0 Å². The molecule has 0 aromatic heterocycles. The van der Waals surface area contributed by atoms with Crippen molar-refractivity contribution in [3.05, 3.63) is 24.3 Å². The molecule has 108 valence electrons. The first-order valence-corrected chi connectivity index (χ1v) is 7.85. The SMILES string of the molecule is CNc1ccc(S(=O)(=O)NCCCCCOC)cc1. The quantitative estimate of drug-likeness (QED) is 0.680. The van der Waals surface area contributed by atoms with Crippen LogP contribution in [0.4, 0.5) is 5.69 Å². The lowest BCUT2D eigenvalue weighted by Gasteiger charge is -2.07. The van der Waals surface area contributed by atoms with E-state index < -0.39 is 10.0 Å². The molecule has 0 saturated heterocycles. The zero-order valence-corrected chi connectivity index (χ0v) is 12.3. The van der Waals surface area contributed by atoms with Crippen LogP contribution >= 0.6 is 0 Å². The molecule has 0 atom stereocenters. The van der Waals surface area contributed by atoms with Gasteiger partial charge in [0, 0.05) is 33.0 Å². The van der Waals surface area contributed by atoms with Gasteiger partial charge in [0.05, 0.1) is 4.90 Å². The van der Waals surface area contributed by atoms with Crippen LogP contribution in [0, 0.1) is 0 Å². The van der Waals surface area contributed by atoms with Crippen LogP contribution in [0.5, 0.6) is 0 Å². The lowest BCUT2D eigenvalue weighted by atomic mass is 10.2. The Morgan fingerprint density at radius 3 is 2.37 bits per heavy atom. The van der Waals surface area contributed by atoms with Gasteiger partial charge < -0.3 is 10.1 Å². The molecule has 0 fully saturated rings. The van der Waals surface area contributed by atoms with Crippen molar-refractivity contribution >= 4 is 15.7 Å². The second kappa shape index (κ2) is 8.14. The normalized spacial score (nSPS) is 11.5. The molecule has 0 amide bonds. The van der Waals surface area contributed by atoms with Crippen LogP contribution in [0.25, 0.3) is 0 Å². The summed E-state index contributed by atoms with van der Waals surface area (Å²) in [5, 5.41) is 2.95. The number of ether oxygens (including phenoxy) is 1. The third kappa shape index (κ3) is 5.59. The first-order chi connectivity index (χ1) is 9.10. The molecule has 19 heavy (non-hydrogen) atoms. The number of sulfonamides is 1. The topological polar surface area (TPSA) is 67.4 Å². The number of hydrogen-bond donors (Lipinski definition) is 2. The van der Waals surface area contributed by atoms with Crippen molar-refractivity contribution in [2.45, 2.75) is 24.2 Å². The van der Waals surface area contributed by atoms with E-state index in [1.807, 2.05) is 0 Å². The van der Waals surface area contributed by atoms with Crippen molar-refractivity contribution in [1.29, 1.82) is 0 Å². The fraction of sp³-hybridized carbons (Fsp3) is 0.538.